The van der Waals surface area contributed by atoms with Crippen LogP contribution in [-0.4, -0.2) is 30.5 Å². The molecule has 1 aliphatic heterocycles. The van der Waals surface area contributed by atoms with Crippen molar-refractivity contribution in [2.45, 2.75) is 13.0 Å². The summed E-state index contributed by atoms with van der Waals surface area (Å²) in [6, 6.07) is 0.306. The van der Waals surface area contributed by atoms with Crippen LogP contribution in [0.25, 0.3) is 0 Å². The fourth-order valence-electron chi connectivity index (χ4n) is 1.01. The molecular formula is C6H10N4. The molecule has 1 unspecified atom stereocenters. The van der Waals surface area contributed by atoms with Gasteiger partial charge in [-0.3, -0.25) is 5.32 Å². The van der Waals surface area contributed by atoms with Gasteiger partial charge >= 0.3 is 0 Å². The molecule has 0 amide bonds. The van der Waals surface area contributed by atoms with Gasteiger partial charge in [0.05, 0.1) is 6.04 Å². The third kappa shape index (κ3) is 1.18. The zero-order chi connectivity index (χ0) is 7.56. The molecule has 0 fully saturated rings. The standard InChI is InChI=1S/C6H10N4/c1-5-3-10(2)6(9-5)8-4-7/h5H,3H2,1-2H3,(H,8,9). The smallest absolute Gasteiger partial charge is 0.207 e. The van der Waals surface area contributed by atoms with E-state index < -0.39 is 0 Å². The Morgan fingerprint density at radius 2 is 2.60 bits per heavy atom. The van der Waals surface area contributed by atoms with E-state index in [1.54, 1.807) is 0 Å². The van der Waals surface area contributed by atoms with Gasteiger partial charge in [0, 0.05) is 13.6 Å². The van der Waals surface area contributed by atoms with Gasteiger partial charge in [-0.15, -0.1) is 0 Å². The second-order valence-electron chi connectivity index (χ2n) is 2.42. The van der Waals surface area contributed by atoms with Gasteiger partial charge < -0.3 is 4.90 Å². The molecule has 10 heavy (non-hydrogen) atoms. The number of aliphatic imine (C=N–C) groups is 1. The second-order valence-corrected chi connectivity index (χ2v) is 2.42. The van der Waals surface area contributed by atoms with Crippen molar-refractivity contribution in [1.82, 2.24) is 10.2 Å². The minimum absolute atomic E-state index is 0.306. The number of rotatable bonds is 0. The SMILES string of the molecule is CC1CN(C)C(NC#N)=N1. The molecule has 1 heterocycles. The van der Waals surface area contributed by atoms with Gasteiger partial charge in [0.2, 0.25) is 5.96 Å². The Morgan fingerprint density at radius 3 is 3.00 bits per heavy atom. The number of nitrogens with one attached hydrogen (secondary N) is 1. The van der Waals surface area contributed by atoms with Crippen LogP contribution in [0.15, 0.2) is 4.99 Å². The summed E-state index contributed by atoms with van der Waals surface area (Å²) < 4.78 is 0. The van der Waals surface area contributed by atoms with Gasteiger partial charge in [-0.1, -0.05) is 0 Å². The van der Waals surface area contributed by atoms with Crippen LogP contribution in [-0.2, 0) is 0 Å². The monoisotopic (exact) mass is 138 g/mol. The van der Waals surface area contributed by atoms with Gasteiger partial charge in [0.25, 0.3) is 0 Å². The topological polar surface area (TPSA) is 51.4 Å². The van der Waals surface area contributed by atoms with Crippen molar-refractivity contribution in [3.05, 3.63) is 0 Å². The molecule has 1 rings (SSSR count). The number of hydrogen-bond donors (Lipinski definition) is 1. The van der Waals surface area contributed by atoms with Gasteiger partial charge in [-0.25, -0.2) is 4.99 Å². The van der Waals surface area contributed by atoms with Gasteiger partial charge in [-0.2, -0.15) is 5.26 Å². The minimum atomic E-state index is 0.306. The zero-order valence-electron chi connectivity index (χ0n) is 6.13. The Hall–Kier alpha value is -1.24. The number of likely N-dealkylation sites (N-methyl/N-ethyl adjacent to an activating group) is 1. The highest BCUT2D eigenvalue weighted by Crippen LogP contribution is 2.02. The summed E-state index contributed by atoms with van der Waals surface area (Å²) >= 11 is 0. The van der Waals surface area contributed by atoms with E-state index in [2.05, 4.69) is 10.3 Å². The molecule has 0 radical (unpaired) electrons. The highest BCUT2D eigenvalue weighted by Gasteiger charge is 2.17. The van der Waals surface area contributed by atoms with Crippen molar-refractivity contribution in [1.29, 1.82) is 5.26 Å². The molecule has 4 nitrogen and oxygen atoms in total. The molecule has 0 aromatic carbocycles. The van der Waals surface area contributed by atoms with E-state index in [1.165, 1.54) is 0 Å². The molecule has 0 aliphatic carbocycles. The summed E-state index contributed by atoms with van der Waals surface area (Å²) in [6.45, 7) is 2.91. The predicted octanol–water partition coefficient (Wildman–Crippen LogP) is -0.253. The maximum absolute atomic E-state index is 8.26. The molecule has 1 aliphatic rings. The molecule has 1 atom stereocenters. The van der Waals surface area contributed by atoms with E-state index in [0.717, 1.165) is 6.54 Å². The first-order valence-corrected chi connectivity index (χ1v) is 3.18. The quantitative estimate of drug-likeness (QED) is 0.371. The normalized spacial score (nSPS) is 23.9. The summed E-state index contributed by atoms with van der Waals surface area (Å²) in [6.07, 6.45) is 1.84. The van der Waals surface area contributed by atoms with Crippen LogP contribution in [0.3, 0.4) is 0 Å². The number of nitrogens with zero attached hydrogens (tertiary/aromatic N) is 3. The molecule has 4 heteroatoms. The van der Waals surface area contributed by atoms with Crippen molar-refractivity contribution in [2.75, 3.05) is 13.6 Å². The van der Waals surface area contributed by atoms with E-state index in [0.29, 0.717) is 12.0 Å². The first-order chi connectivity index (χ1) is 4.74. The summed E-state index contributed by atoms with van der Waals surface area (Å²) in [5.74, 6) is 0.676. The first-order valence-electron chi connectivity index (χ1n) is 3.18. The Kier molecular flexibility index (Phi) is 1.76. The molecule has 0 saturated carbocycles. The van der Waals surface area contributed by atoms with Crippen LogP contribution in [0.5, 0.6) is 0 Å². The maximum Gasteiger partial charge on any atom is 0.207 e. The lowest BCUT2D eigenvalue weighted by molar-refractivity contribution is 0.505. The van der Waals surface area contributed by atoms with E-state index in [9.17, 15) is 0 Å². The fraction of sp³-hybridized carbons (Fsp3) is 0.667. The summed E-state index contributed by atoms with van der Waals surface area (Å²) in [7, 11) is 1.91. The van der Waals surface area contributed by atoms with E-state index in [-0.39, 0.29) is 0 Å². The molecule has 0 saturated heterocycles. The molecule has 0 bridgehead atoms. The van der Waals surface area contributed by atoms with E-state index >= 15 is 0 Å². The van der Waals surface area contributed by atoms with E-state index in [1.807, 2.05) is 25.1 Å². The molecule has 54 valence electrons. The number of nitriles is 1. The summed E-state index contributed by atoms with van der Waals surface area (Å²) in [5, 5.41) is 10.8. The molecule has 0 aromatic rings. The van der Waals surface area contributed by atoms with Crippen molar-refractivity contribution in [3.63, 3.8) is 0 Å². The molecular weight excluding hydrogens is 128 g/mol. The van der Waals surface area contributed by atoms with Crippen molar-refractivity contribution >= 4 is 5.96 Å². The van der Waals surface area contributed by atoms with Crippen LogP contribution < -0.4 is 5.32 Å². The second kappa shape index (κ2) is 2.56. The van der Waals surface area contributed by atoms with Crippen LogP contribution in [0.4, 0.5) is 0 Å². The average Bonchev–Trinajstić information content (AvgIpc) is 2.13. The van der Waals surface area contributed by atoms with Gasteiger partial charge in [0.1, 0.15) is 0 Å². The fourth-order valence-corrected chi connectivity index (χ4v) is 1.01. The van der Waals surface area contributed by atoms with Crippen molar-refractivity contribution in [2.24, 2.45) is 4.99 Å². The Balaban J connectivity index is 2.58. The maximum atomic E-state index is 8.26. The lowest BCUT2D eigenvalue weighted by atomic mass is 10.4. The Labute approximate surface area is 60.2 Å². The predicted molar refractivity (Wildman–Crippen MR) is 38.3 cm³/mol. The molecule has 0 aromatic heterocycles. The largest absolute Gasteiger partial charge is 0.343 e. The number of guanidine groups is 1. The van der Waals surface area contributed by atoms with Gasteiger partial charge in [-0.05, 0) is 6.92 Å². The minimum Gasteiger partial charge on any atom is -0.343 e. The average molecular weight is 138 g/mol. The third-order valence-corrected chi connectivity index (χ3v) is 1.41. The Bertz CT molecular complexity index is 190. The lowest BCUT2D eigenvalue weighted by Gasteiger charge is -2.10. The zero-order valence-corrected chi connectivity index (χ0v) is 6.13. The van der Waals surface area contributed by atoms with Gasteiger partial charge in [0.15, 0.2) is 6.19 Å². The number of hydrogen-bond acceptors (Lipinski definition) is 4. The lowest BCUT2D eigenvalue weighted by Crippen LogP contribution is -2.32. The van der Waals surface area contributed by atoms with Crippen molar-refractivity contribution in [3.8, 4) is 6.19 Å². The highest BCUT2D eigenvalue weighted by atomic mass is 15.3. The third-order valence-electron chi connectivity index (χ3n) is 1.41. The van der Waals surface area contributed by atoms with Crippen LogP contribution in [0, 0.1) is 11.5 Å². The first kappa shape index (κ1) is 6.87. The van der Waals surface area contributed by atoms with Crippen molar-refractivity contribution < 1.29 is 0 Å². The van der Waals surface area contributed by atoms with Crippen LogP contribution >= 0.6 is 0 Å². The molecule has 1 N–H and O–H groups in total. The Morgan fingerprint density at radius 1 is 1.90 bits per heavy atom. The summed E-state index contributed by atoms with van der Waals surface area (Å²) in [4.78, 5) is 6.09. The highest BCUT2D eigenvalue weighted by molar-refractivity contribution is 5.82. The van der Waals surface area contributed by atoms with E-state index in [4.69, 9.17) is 5.26 Å². The van der Waals surface area contributed by atoms with Crippen LogP contribution in [0.2, 0.25) is 0 Å². The molecule has 0 spiro atoms. The summed E-state index contributed by atoms with van der Waals surface area (Å²) in [5.41, 5.74) is 0. The van der Waals surface area contributed by atoms with Crippen LogP contribution in [0.1, 0.15) is 6.92 Å².